The van der Waals surface area contributed by atoms with Gasteiger partial charge in [0.15, 0.2) is 0 Å². The smallest absolute Gasteiger partial charge is 0.348 e. The minimum atomic E-state index is -4.30. The summed E-state index contributed by atoms with van der Waals surface area (Å²) in [7, 11) is 1.74. The number of likely N-dealkylation sites (tertiary alicyclic amines) is 1. The third kappa shape index (κ3) is 4.88. The van der Waals surface area contributed by atoms with Crippen molar-refractivity contribution in [3.63, 3.8) is 0 Å². The van der Waals surface area contributed by atoms with Gasteiger partial charge in [0.05, 0.1) is 11.3 Å². The van der Waals surface area contributed by atoms with Crippen LogP contribution in [0, 0.1) is 6.92 Å². The van der Waals surface area contributed by atoms with Crippen LogP contribution in [0.25, 0.3) is 0 Å². The van der Waals surface area contributed by atoms with Crippen LogP contribution in [0.15, 0.2) is 30.3 Å². The molecule has 27 heavy (non-hydrogen) atoms. The number of nitrogens with zero attached hydrogens (tertiary/aromatic N) is 3. The molecule has 3 rings (SSSR count). The lowest BCUT2D eigenvalue weighted by Crippen LogP contribution is -2.44. The van der Waals surface area contributed by atoms with E-state index in [1.54, 1.807) is 17.8 Å². The van der Waals surface area contributed by atoms with Gasteiger partial charge in [-0.05, 0) is 43.5 Å². The first-order valence-electron chi connectivity index (χ1n) is 8.92. The average molecular weight is 380 g/mol. The highest BCUT2D eigenvalue weighted by Gasteiger charge is 2.30. The number of carbonyl (C=O) groups is 1. The highest BCUT2D eigenvalue weighted by Crippen LogP contribution is 2.29. The second kappa shape index (κ2) is 7.72. The van der Waals surface area contributed by atoms with Crippen molar-refractivity contribution in [2.45, 2.75) is 38.5 Å². The lowest BCUT2D eigenvalue weighted by atomic mass is 10.0. The van der Waals surface area contributed by atoms with Crippen LogP contribution in [0.5, 0.6) is 0 Å². The van der Waals surface area contributed by atoms with E-state index in [9.17, 15) is 18.0 Å². The Hall–Kier alpha value is -2.35. The molecule has 1 aliphatic heterocycles. The number of hydrogen-bond acceptors (Lipinski definition) is 3. The maximum absolute atomic E-state index is 12.6. The Morgan fingerprint density at radius 1 is 1.22 bits per heavy atom. The first-order valence-corrected chi connectivity index (χ1v) is 8.92. The topological polar surface area (TPSA) is 50.2 Å². The number of carbonyl (C=O) groups excluding carboxylic acids is 1. The lowest BCUT2D eigenvalue weighted by molar-refractivity contribution is -0.137. The van der Waals surface area contributed by atoms with E-state index < -0.39 is 11.7 Å². The summed E-state index contributed by atoms with van der Waals surface area (Å²) in [6.07, 6.45) is -2.69. The zero-order valence-corrected chi connectivity index (χ0v) is 15.4. The molecule has 1 fully saturated rings. The maximum atomic E-state index is 12.6. The van der Waals surface area contributed by atoms with Crippen LogP contribution in [0.1, 0.15) is 40.2 Å². The monoisotopic (exact) mass is 380 g/mol. The van der Waals surface area contributed by atoms with Crippen LogP contribution in [0.3, 0.4) is 0 Å². The largest absolute Gasteiger partial charge is 0.416 e. The molecule has 2 aromatic rings. The number of aromatic nitrogens is 2. The van der Waals surface area contributed by atoms with Crippen LogP contribution in [0.4, 0.5) is 13.2 Å². The Kier molecular flexibility index (Phi) is 5.55. The van der Waals surface area contributed by atoms with E-state index in [4.69, 9.17) is 0 Å². The van der Waals surface area contributed by atoms with Crippen molar-refractivity contribution in [1.29, 1.82) is 0 Å². The van der Waals surface area contributed by atoms with Gasteiger partial charge in [-0.2, -0.15) is 18.3 Å². The first kappa shape index (κ1) is 19.4. The van der Waals surface area contributed by atoms with Gasteiger partial charge in [-0.15, -0.1) is 0 Å². The van der Waals surface area contributed by atoms with Crippen LogP contribution < -0.4 is 5.32 Å². The Labute approximate surface area is 156 Å². The van der Waals surface area contributed by atoms with Crippen molar-refractivity contribution >= 4 is 5.91 Å². The van der Waals surface area contributed by atoms with Crippen molar-refractivity contribution in [2.24, 2.45) is 7.05 Å². The second-order valence-corrected chi connectivity index (χ2v) is 7.01. The van der Waals surface area contributed by atoms with Crippen molar-refractivity contribution in [1.82, 2.24) is 20.0 Å². The molecule has 1 N–H and O–H groups in total. The summed E-state index contributed by atoms with van der Waals surface area (Å²) in [6.45, 7) is 4.03. The van der Waals surface area contributed by atoms with Gasteiger partial charge in [0.25, 0.3) is 5.91 Å². The molecule has 0 atom stereocenters. The van der Waals surface area contributed by atoms with E-state index in [1.807, 2.05) is 6.92 Å². The number of aryl methyl sites for hydroxylation is 2. The van der Waals surface area contributed by atoms with Gasteiger partial charge in [0.2, 0.25) is 0 Å². The minimum Gasteiger partial charge on any atom is -0.348 e. The number of alkyl halides is 3. The highest BCUT2D eigenvalue weighted by molar-refractivity contribution is 5.92. The number of piperidine rings is 1. The quantitative estimate of drug-likeness (QED) is 0.887. The van der Waals surface area contributed by atoms with E-state index >= 15 is 0 Å². The van der Waals surface area contributed by atoms with Gasteiger partial charge < -0.3 is 5.32 Å². The number of nitrogens with one attached hydrogen (secondary N) is 1. The summed E-state index contributed by atoms with van der Waals surface area (Å²) >= 11 is 0. The molecule has 8 heteroatoms. The van der Waals surface area contributed by atoms with Crippen molar-refractivity contribution < 1.29 is 18.0 Å². The van der Waals surface area contributed by atoms with E-state index in [0.717, 1.165) is 49.3 Å². The molecule has 0 radical (unpaired) electrons. The van der Waals surface area contributed by atoms with Crippen molar-refractivity contribution in [3.8, 4) is 0 Å². The standard InChI is InChI=1S/C19H23F3N4O/c1-13-11-17(25(2)24-13)18(27)23-16-7-9-26(10-8-16)12-14-3-5-15(6-4-14)19(20,21)22/h3-6,11,16H,7-10,12H2,1-2H3,(H,23,27). The fourth-order valence-corrected chi connectivity index (χ4v) is 3.38. The Morgan fingerprint density at radius 2 is 1.85 bits per heavy atom. The summed E-state index contributed by atoms with van der Waals surface area (Å²) in [5.41, 5.74) is 1.57. The lowest BCUT2D eigenvalue weighted by Gasteiger charge is -2.32. The average Bonchev–Trinajstić information content (AvgIpc) is 2.95. The zero-order chi connectivity index (χ0) is 19.6. The SMILES string of the molecule is Cc1cc(C(=O)NC2CCN(Cc3ccc(C(F)(F)F)cc3)CC2)n(C)n1. The zero-order valence-electron chi connectivity index (χ0n) is 15.4. The number of halogens is 3. The van der Waals surface area contributed by atoms with Crippen LogP contribution in [0.2, 0.25) is 0 Å². The third-order valence-corrected chi connectivity index (χ3v) is 4.84. The van der Waals surface area contributed by atoms with Crippen LogP contribution in [-0.2, 0) is 19.8 Å². The molecular formula is C19H23F3N4O. The predicted octanol–water partition coefficient (Wildman–Crippen LogP) is 3.14. The molecule has 1 aliphatic rings. The molecule has 0 aliphatic carbocycles. The van der Waals surface area contributed by atoms with Gasteiger partial charge in [-0.25, -0.2) is 0 Å². The Balaban J connectivity index is 1.49. The summed E-state index contributed by atoms with van der Waals surface area (Å²) < 4.78 is 39.4. The van der Waals surface area contributed by atoms with E-state index in [-0.39, 0.29) is 11.9 Å². The fourth-order valence-electron chi connectivity index (χ4n) is 3.38. The molecule has 146 valence electrons. The summed E-state index contributed by atoms with van der Waals surface area (Å²) in [4.78, 5) is 14.5. The van der Waals surface area contributed by atoms with Gasteiger partial charge in [-0.3, -0.25) is 14.4 Å². The highest BCUT2D eigenvalue weighted by atomic mass is 19.4. The van der Waals surface area contributed by atoms with Crippen molar-refractivity contribution in [2.75, 3.05) is 13.1 Å². The molecule has 5 nitrogen and oxygen atoms in total. The molecule has 0 spiro atoms. The predicted molar refractivity (Wildman–Crippen MR) is 95.2 cm³/mol. The third-order valence-electron chi connectivity index (χ3n) is 4.84. The first-order chi connectivity index (χ1) is 12.7. The van der Waals surface area contributed by atoms with Gasteiger partial charge >= 0.3 is 6.18 Å². The fraction of sp³-hybridized carbons (Fsp3) is 0.474. The van der Waals surface area contributed by atoms with Gasteiger partial charge in [0, 0.05) is 32.7 Å². The molecule has 1 amide bonds. The molecule has 1 saturated heterocycles. The molecule has 0 unspecified atom stereocenters. The molecular weight excluding hydrogens is 357 g/mol. The summed E-state index contributed by atoms with van der Waals surface area (Å²) in [6, 6.07) is 7.16. The van der Waals surface area contributed by atoms with E-state index in [2.05, 4.69) is 15.3 Å². The summed E-state index contributed by atoms with van der Waals surface area (Å²) in [5.74, 6) is -0.126. The number of amides is 1. The minimum absolute atomic E-state index is 0.0940. The molecule has 1 aromatic carbocycles. The second-order valence-electron chi connectivity index (χ2n) is 7.01. The van der Waals surface area contributed by atoms with Crippen LogP contribution >= 0.6 is 0 Å². The normalized spacial score (nSPS) is 16.5. The molecule has 2 heterocycles. The summed E-state index contributed by atoms with van der Waals surface area (Å²) in [5, 5.41) is 7.23. The maximum Gasteiger partial charge on any atom is 0.416 e. The van der Waals surface area contributed by atoms with Crippen molar-refractivity contribution in [3.05, 3.63) is 52.8 Å². The number of rotatable bonds is 4. The molecule has 0 bridgehead atoms. The van der Waals surface area contributed by atoms with Gasteiger partial charge in [0.1, 0.15) is 5.69 Å². The van der Waals surface area contributed by atoms with E-state index in [0.29, 0.717) is 12.2 Å². The van der Waals surface area contributed by atoms with Gasteiger partial charge in [-0.1, -0.05) is 12.1 Å². The number of hydrogen-bond donors (Lipinski definition) is 1. The van der Waals surface area contributed by atoms with Crippen LogP contribution in [-0.4, -0.2) is 39.7 Å². The Bertz CT molecular complexity index is 790. The number of benzene rings is 1. The van der Waals surface area contributed by atoms with E-state index in [1.165, 1.54) is 12.1 Å². The molecule has 0 saturated carbocycles. The Morgan fingerprint density at radius 3 is 2.37 bits per heavy atom. The molecule has 1 aromatic heterocycles.